The monoisotopic (exact) mass is 191 g/mol. The molecule has 0 heterocycles. The van der Waals surface area contributed by atoms with Gasteiger partial charge in [0.2, 0.25) is 0 Å². The third-order valence-electron chi connectivity index (χ3n) is 0.760. The van der Waals surface area contributed by atoms with Gasteiger partial charge in [-0.05, 0) is 6.42 Å². The van der Waals surface area contributed by atoms with E-state index in [-0.39, 0.29) is 30.8 Å². The van der Waals surface area contributed by atoms with Crippen molar-refractivity contribution in [1.29, 1.82) is 0 Å². The summed E-state index contributed by atoms with van der Waals surface area (Å²) in [5, 5.41) is 8.04. The zero-order valence-corrected chi connectivity index (χ0v) is 7.31. The number of carbonyl (C=O) groups excluding carboxylic acids is 1. The van der Waals surface area contributed by atoms with Crippen molar-refractivity contribution < 1.29 is 33.3 Å². The van der Waals surface area contributed by atoms with Crippen molar-refractivity contribution in [3.63, 3.8) is 0 Å². The SMILES string of the molecule is [CH2-]CCC(=O)[C-]=CC(=O)O.[V+2]. The van der Waals surface area contributed by atoms with Crippen LogP contribution in [0.2, 0.25) is 0 Å². The first-order chi connectivity index (χ1) is 4.66. The fourth-order valence-electron chi connectivity index (χ4n) is 0.375. The smallest absolute Gasteiger partial charge is 0.562 e. The Morgan fingerprint density at radius 3 is 2.45 bits per heavy atom. The Bertz CT molecular complexity index is 163. The van der Waals surface area contributed by atoms with E-state index in [1.165, 1.54) is 0 Å². The summed E-state index contributed by atoms with van der Waals surface area (Å²) in [6, 6.07) is 0. The maximum absolute atomic E-state index is 10.5. The van der Waals surface area contributed by atoms with Crippen LogP contribution in [0.5, 0.6) is 0 Å². The number of carbonyl (C=O) groups is 2. The molecule has 0 amide bonds. The maximum Gasteiger partial charge on any atom is 2.00 e. The number of carboxylic acid groups (broad SMARTS) is 1. The first-order valence-corrected chi connectivity index (χ1v) is 2.81. The molecule has 0 aliphatic carbocycles. The van der Waals surface area contributed by atoms with E-state index in [4.69, 9.17) is 5.11 Å². The number of carboxylic acids is 1. The van der Waals surface area contributed by atoms with Gasteiger partial charge in [0, 0.05) is 0 Å². The molecular weight excluding hydrogens is 183 g/mol. The van der Waals surface area contributed by atoms with Crippen molar-refractivity contribution >= 4 is 11.8 Å². The van der Waals surface area contributed by atoms with Gasteiger partial charge in [-0.1, -0.05) is 0 Å². The van der Waals surface area contributed by atoms with Gasteiger partial charge in [-0.25, -0.2) is 0 Å². The Labute approximate surface area is 77.4 Å². The van der Waals surface area contributed by atoms with E-state index < -0.39 is 5.97 Å². The standard InChI is InChI=1S/C7H8O3.V/c1-2-3-6(8)4-5-7(9)10;/h5H,1-3H2,(H,9,10);/q-2;+2. The zero-order chi connectivity index (χ0) is 7.98. The van der Waals surface area contributed by atoms with Gasteiger partial charge in [-0.3, -0.25) is 0 Å². The Hall–Kier alpha value is -0.536. The summed E-state index contributed by atoms with van der Waals surface area (Å²) in [6.45, 7) is 3.43. The van der Waals surface area contributed by atoms with E-state index in [9.17, 15) is 9.59 Å². The molecule has 3 nitrogen and oxygen atoms in total. The Balaban J connectivity index is 0. The average Bonchev–Trinajstić information content (AvgIpc) is 1.85. The topological polar surface area (TPSA) is 54.4 Å². The van der Waals surface area contributed by atoms with E-state index >= 15 is 0 Å². The molecule has 0 spiro atoms. The predicted molar refractivity (Wildman–Crippen MR) is 35.0 cm³/mol. The van der Waals surface area contributed by atoms with Gasteiger partial charge in [-0.2, -0.15) is 18.6 Å². The Kier molecular flexibility index (Phi) is 9.00. The number of ketones is 1. The predicted octanol–water partition coefficient (Wildman–Crippen LogP) is 0.611. The number of Topliss-reactive ketones (excluding diaryl/α,β-unsaturated/α-hetero) is 1. The molecule has 0 aromatic heterocycles. The Morgan fingerprint density at radius 1 is 1.55 bits per heavy atom. The molecule has 0 atom stereocenters. The van der Waals surface area contributed by atoms with Crippen LogP contribution in [0.25, 0.3) is 0 Å². The molecule has 59 valence electrons. The molecule has 11 heavy (non-hydrogen) atoms. The first kappa shape index (κ1) is 13.1. The van der Waals surface area contributed by atoms with Crippen LogP contribution in [0.4, 0.5) is 0 Å². The van der Waals surface area contributed by atoms with E-state index in [1.54, 1.807) is 0 Å². The van der Waals surface area contributed by atoms with Gasteiger partial charge in [0.25, 0.3) is 0 Å². The molecule has 0 saturated heterocycles. The van der Waals surface area contributed by atoms with Crippen molar-refractivity contribution in [2.75, 3.05) is 0 Å². The van der Waals surface area contributed by atoms with Crippen LogP contribution in [0.1, 0.15) is 12.8 Å². The largest absolute Gasteiger partial charge is 2.00 e. The maximum atomic E-state index is 10.5. The summed E-state index contributed by atoms with van der Waals surface area (Å²) in [7, 11) is 0. The number of allylic oxidation sites excluding steroid dienone is 1. The number of rotatable bonds is 4. The molecule has 0 aromatic carbocycles. The Morgan fingerprint density at radius 2 is 2.09 bits per heavy atom. The summed E-state index contributed by atoms with van der Waals surface area (Å²) >= 11 is 0. The van der Waals surface area contributed by atoms with E-state index in [0.29, 0.717) is 12.5 Å². The minimum atomic E-state index is -1.16. The van der Waals surface area contributed by atoms with Crippen LogP contribution in [0.3, 0.4) is 0 Å². The molecule has 1 radical (unpaired) electrons. The second kappa shape index (κ2) is 7.57. The van der Waals surface area contributed by atoms with Gasteiger partial charge < -0.3 is 21.6 Å². The molecule has 0 aliphatic heterocycles. The molecular formula is C7H8O3V. The second-order valence-electron chi connectivity index (χ2n) is 1.65. The van der Waals surface area contributed by atoms with Gasteiger partial charge in [0.15, 0.2) is 5.97 Å². The first-order valence-electron chi connectivity index (χ1n) is 2.81. The van der Waals surface area contributed by atoms with Crippen molar-refractivity contribution in [1.82, 2.24) is 0 Å². The van der Waals surface area contributed by atoms with Crippen molar-refractivity contribution in [2.24, 2.45) is 0 Å². The van der Waals surface area contributed by atoms with Gasteiger partial charge in [0.1, 0.15) is 0 Å². The average molecular weight is 191 g/mol. The molecule has 0 saturated carbocycles. The van der Waals surface area contributed by atoms with Crippen LogP contribution < -0.4 is 0 Å². The van der Waals surface area contributed by atoms with Gasteiger partial charge >= 0.3 is 18.6 Å². The van der Waals surface area contributed by atoms with Crippen molar-refractivity contribution in [3.05, 3.63) is 19.1 Å². The fraction of sp³-hybridized carbons (Fsp3) is 0.286. The van der Waals surface area contributed by atoms with Crippen LogP contribution in [0.15, 0.2) is 6.08 Å². The quantitative estimate of drug-likeness (QED) is 0.523. The van der Waals surface area contributed by atoms with Crippen LogP contribution in [0, 0.1) is 13.0 Å². The van der Waals surface area contributed by atoms with Crippen LogP contribution in [-0.4, -0.2) is 16.9 Å². The van der Waals surface area contributed by atoms with Gasteiger partial charge in [0.05, 0.1) is 5.78 Å². The molecule has 4 heteroatoms. The summed E-state index contributed by atoms with van der Waals surface area (Å²) in [5.74, 6) is -1.48. The van der Waals surface area contributed by atoms with Crippen LogP contribution in [-0.2, 0) is 28.1 Å². The second-order valence-corrected chi connectivity index (χ2v) is 1.65. The molecule has 0 aromatic rings. The van der Waals surface area contributed by atoms with E-state index in [1.807, 2.05) is 0 Å². The summed E-state index contributed by atoms with van der Waals surface area (Å²) < 4.78 is 0. The number of hydrogen-bond donors (Lipinski definition) is 1. The van der Waals surface area contributed by atoms with Crippen molar-refractivity contribution in [3.8, 4) is 0 Å². The summed E-state index contributed by atoms with van der Waals surface area (Å²) in [4.78, 5) is 20.3. The molecule has 0 aliphatic rings. The van der Waals surface area contributed by atoms with Crippen molar-refractivity contribution in [2.45, 2.75) is 12.8 Å². The summed E-state index contributed by atoms with van der Waals surface area (Å²) in [6.07, 6.45) is 3.51. The number of hydrogen-bond acceptors (Lipinski definition) is 2. The molecule has 0 fully saturated rings. The minimum Gasteiger partial charge on any atom is -0.562 e. The molecule has 1 N–H and O–H groups in total. The third-order valence-corrected chi connectivity index (χ3v) is 0.760. The molecule has 0 unspecified atom stereocenters. The summed E-state index contributed by atoms with van der Waals surface area (Å²) in [5.41, 5.74) is 0. The normalized spacial score (nSPS) is 9.18. The molecule has 0 bridgehead atoms. The number of aliphatic carboxylic acids is 1. The van der Waals surface area contributed by atoms with Crippen LogP contribution >= 0.6 is 0 Å². The minimum absolute atomic E-state index is 0. The van der Waals surface area contributed by atoms with E-state index in [0.717, 1.165) is 0 Å². The fourth-order valence-corrected chi connectivity index (χ4v) is 0.375. The van der Waals surface area contributed by atoms with E-state index in [2.05, 4.69) is 13.0 Å². The third kappa shape index (κ3) is 9.46. The van der Waals surface area contributed by atoms with Gasteiger partial charge in [-0.15, -0.1) is 0 Å². The zero-order valence-electron chi connectivity index (χ0n) is 5.91. The molecule has 0 rings (SSSR count).